The fourth-order valence-electron chi connectivity index (χ4n) is 13.2. The number of imidazole rings is 1. The summed E-state index contributed by atoms with van der Waals surface area (Å²) in [5, 5.41) is 8.60. The molecule has 5 aliphatic rings. The minimum atomic E-state index is -0.801. The van der Waals surface area contributed by atoms with E-state index in [-0.39, 0.29) is 41.0 Å². The number of ether oxygens (including phenoxy) is 2. The zero-order chi connectivity index (χ0) is 50.3. The second-order valence-corrected chi connectivity index (χ2v) is 21.6. The van der Waals surface area contributed by atoms with Crippen LogP contribution in [-0.2, 0) is 36.7 Å². The summed E-state index contributed by atoms with van der Waals surface area (Å²) in [5.74, 6) is 0.697. The van der Waals surface area contributed by atoms with Crippen molar-refractivity contribution in [2.24, 2.45) is 17.3 Å². The van der Waals surface area contributed by atoms with Crippen LogP contribution in [0.1, 0.15) is 152 Å². The van der Waals surface area contributed by atoms with E-state index in [2.05, 4.69) is 64.3 Å². The quantitative estimate of drug-likeness (QED) is 0.0910. The Morgan fingerprint density at radius 1 is 0.789 bits per heavy atom. The number of nitrogens with zero attached hydrogens (tertiary/aromatic N) is 3. The average Bonchev–Trinajstić information content (AvgIpc) is 4.25. The van der Waals surface area contributed by atoms with Gasteiger partial charge in [-0.25, -0.2) is 14.6 Å². The number of methoxy groups -OCH3 is 2. The lowest BCUT2D eigenvalue weighted by Gasteiger charge is -2.33. The predicted molar refractivity (Wildman–Crippen MR) is 275 cm³/mol. The molecule has 4 N–H and O–H groups in total. The number of alkyl carbamates (subject to hydrolysis) is 2. The Morgan fingerprint density at radius 3 is 2.06 bits per heavy atom. The van der Waals surface area contributed by atoms with Crippen LogP contribution in [0, 0.1) is 17.3 Å². The van der Waals surface area contributed by atoms with E-state index < -0.39 is 30.3 Å². The molecule has 1 saturated heterocycles. The smallest absolute Gasteiger partial charge is 0.407 e. The van der Waals surface area contributed by atoms with Gasteiger partial charge in [0.2, 0.25) is 17.7 Å². The minimum absolute atomic E-state index is 0.137. The first-order chi connectivity index (χ1) is 34.2. The number of H-pyrrole nitrogens is 1. The van der Waals surface area contributed by atoms with Crippen LogP contribution in [0.3, 0.4) is 0 Å². The highest BCUT2D eigenvalue weighted by Gasteiger charge is 2.45. The van der Waals surface area contributed by atoms with Crippen LogP contribution >= 0.6 is 0 Å². The molecule has 1 aromatic heterocycles. The monoisotopic (exact) mass is 968 g/mol. The zero-order valence-electron chi connectivity index (χ0n) is 42.9. The first kappa shape index (κ1) is 49.8. The molecule has 9 rings (SSSR count). The van der Waals surface area contributed by atoms with Gasteiger partial charge in [0, 0.05) is 24.3 Å². The lowest BCUT2D eigenvalue weighted by Crippen LogP contribution is -2.54. The third-order valence-corrected chi connectivity index (χ3v) is 16.7. The molecule has 4 aliphatic carbocycles. The summed E-state index contributed by atoms with van der Waals surface area (Å²) < 4.78 is 9.66. The number of likely N-dealkylation sites (tertiary alicyclic amines) is 1. The number of fused-ring (bicyclic) bond motifs is 6. The summed E-state index contributed by atoms with van der Waals surface area (Å²) in [5.41, 5.74) is 13.8. The van der Waals surface area contributed by atoms with Crippen LogP contribution in [0.15, 0.2) is 54.7 Å². The third-order valence-electron chi connectivity index (χ3n) is 16.7. The largest absolute Gasteiger partial charge is 0.453 e. The standard InChI is InChI=1S/C57H73N7O7/c1-9-45(63(10-2)53(66)49(32(3)4)61-55(68)70-7)51-58-31-44(60-51)41-23-22-40(47-35-18-19-36(27-35)48(41)47)39-21-20-38(42-29-57(30-43(39)42)24-11-12-25-57)34-15-13-16-37(28-34)59-52(65)46-17-14-26-64(46)54(67)50(33(5)6)62-56(69)71-8/h13,15-16,20-23,28,31-33,35-36,45-46,49-50H,9-12,14,17-19,24-27,29-30H2,1-8H3,(H,58,60)(H,59,65)(H,61,68)(H,62,69). The maximum absolute atomic E-state index is 14.1. The van der Waals surface area contributed by atoms with Crippen molar-refractivity contribution in [1.29, 1.82) is 0 Å². The number of rotatable bonds is 15. The topological polar surface area (TPSA) is 175 Å². The van der Waals surface area contributed by atoms with Crippen molar-refractivity contribution in [3.63, 3.8) is 0 Å². The van der Waals surface area contributed by atoms with Crippen LogP contribution < -0.4 is 16.0 Å². The molecular formula is C57H73N7O7. The second-order valence-electron chi connectivity index (χ2n) is 21.6. The molecule has 5 amide bonds. The molecule has 2 saturated carbocycles. The molecule has 2 heterocycles. The molecule has 6 unspecified atom stereocenters. The van der Waals surface area contributed by atoms with E-state index in [0.717, 1.165) is 36.3 Å². The average molecular weight is 968 g/mol. The third kappa shape index (κ3) is 9.43. The van der Waals surface area contributed by atoms with Gasteiger partial charge in [-0.15, -0.1) is 0 Å². The van der Waals surface area contributed by atoms with E-state index >= 15 is 0 Å². The van der Waals surface area contributed by atoms with Gasteiger partial charge in [-0.2, -0.15) is 0 Å². The summed E-state index contributed by atoms with van der Waals surface area (Å²) in [6.45, 7) is 12.5. The van der Waals surface area contributed by atoms with E-state index in [0.29, 0.717) is 49.9 Å². The molecule has 6 atom stereocenters. The van der Waals surface area contributed by atoms with Gasteiger partial charge in [-0.05, 0) is 157 Å². The molecule has 378 valence electrons. The predicted octanol–water partition coefficient (Wildman–Crippen LogP) is 10.4. The number of benzene rings is 3. The van der Waals surface area contributed by atoms with Crippen LogP contribution in [0.25, 0.3) is 33.5 Å². The van der Waals surface area contributed by atoms with Crippen molar-refractivity contribution in [2.75, 3.05) is 32.6 Å². The normalized spacial score (nSPS) is 20.7. The van der Waals surface area contributed by atoms with Gasteiger partial charge >= 0.3 is 12.2 Å². The van der Waals surface area contributed by atoms with Crippen molar-refractivity contribution >= 4 is 35.6 Å². The molecule has 4 aromatic rings. The molecular weight excluding hydrogens is 895 g/mol. The maximum Gasteiger partial charge on any atom is 0.407 e. The van der Waals surface area contributed by atoms with Gasteiger partial charge in [-0.1, -0.05) is 83.9 Å². The summed E-state index contributed by atoms with van der Waals surface area (Å²) in [6, 6.07) is 15.0. The van der Waals surface area contributed by atoms with Gasteiger partial charge in [0.15, 0.2) is 0 Å². The number of hydrogen-bond donors (Lipinski definition) is 4. The Balaban J connectivity index is 1.02. The highest BCUT2D eigenvalue weighted by atomic mass is 16.5. The lowest BCUT2D eigenvalue weighted by atomic mass is 9.80. The minimum Gasteiger partial charge on any atom is -0.453 e. The first-order valence-corrected chi connectivity index (χ1v) is 26.3. The highest BCUT2D eigenvalue weighted by Crippen LogP contribution is 2.60. The molecule has 14 nitrogen and oxygen atoms in total. The Hall–Kier alpha value is -6.18. The molecule has 71 heavy (non-hydrogen) atoms. The number of aromatic nitrogens is 2. The van der Waals surface area contributed by atoms with Crippen LogP contribution in [-0.4, -0.2) is 95.1 Å². The molecule has 14 heteroatoms. The van der Waals surface area contributed by atoms with E-state index in [1.54, 1.807) is 4.90 Å². The molecule has 3 aromatic carbocycles. The Labute approximate surface area is 418 Å². The van der Waals surface area contributed by atoms with Gasteiger partial charge in [0.05, 0.1) is 32.2 Å². The lowest BCUT2D eigenvalue weighted by molar-refractivity contribution is -0.139. The number of carbonyl (C=O) groups excluding carboxylic acids is 5. The van der Waals surface area contributed by atoms with Crippen molar-refractivity contribution in [1.82, 2.24) is 30.4 Å². The first-order valence-electron chi connectivity index (χ1n) is 26.3. The highest BCUT2D eigenvalue weighted by molar-refractivity contribution is 5.99. The Morgan fingerprint density at radius 2 is 1.41 bits per heavy atom. The van der Waals surface area contributed by atoms with E-state index in [4.69, 9.17) is 14.5 Å². The van der Waals surface area contributed by atoms with Gasteiger partial charge in [0.25, 0.3) is 0 Å². The number of hydrogen-bond acceptors (Lipinski definition) is 8. The van der Waals surface area contributed by atoms with Crippen molar-refractivity contribution in [3.05, 3.63) is 82.8 Å². The second kappa shape index (κ2) is 20.5. The van der Waals surface area contributed by atoms with Gasteiger partial charge in [-0.3, -0.25) is 14.4 Å². The maximum atomic E-state index is 14.1. The molecule has 2 bridgehead atoms. The number of likely N-dealkylation sites (N-methyl/N-ethyl adjacent to an activating group) is 1. The van der Waals surface area contributed by atoms with Crippen LogP contribution in [0.5, 0.6) is 0 Å². The number of aromatic amines is 1. The van der Waals surface area contributed by atoms with E-state index in [9.17, 15) is 24.0 Å². The fourth-order valence-corrected chi connectivity index (χ4v) is 13.2. The Bertz CT molecular complexity index is 2690. The van der Waals surface area contributed by atoms with E-state index in [1.165, 1.54) is 97.3 Å². The number of anilines is 1. The number of amides is 5. The van der Waals surface area contributed by atoms with Crippen molar-refractivity contribution in [3.8, 4) is 33.5 Å². The van der Waals surface area contributed by atoms with Crippen LogP contribution in [0.2, 0.25) is 0 Å². The molecule has 1 spiro atoms. The van der Waals surface area contributed by atoms with Crippen molar-refractivity contribution < 1.29 is 33.4 Å². The number of nitrogens with one attached hydrogen (secondary N) is 4. The number of carbonyl (C=O) groups is 5. The van der Waals surface area contributed by atoms with Crippen LogP contribution in [0.4, 0.5) is 15.3 Å². The SMILES string of the molecule is CCC(c1ncc(-c2ccc(-c3ccc(-c4cccc(NC(=O)C5CCCN5C(=O)C(NC(=O)OC)C(C)C)c4)c4c3CC3(CCCC3)C4)c3c2C2CCC3C2)[nH]1)N(CC)C(=O)C(NC(=O)OC)C(C)C. The van der Waals surface area contributed by atoms with E-state index in [1.807, 2.05) is 57.8 Å². The molecule has 3 fully saturated rings. The molecule has 0 radical (unpaired) electrons. The summed E-state index contributed by atoms with van der Waals surface area (Å²) >= 11 is 0. The zero-order valence-corrected chi connectivity index (χ0v) is 42.9. The summed E-state index contributed by atoms with van der Waals surface area (Å²) in [6.07, 6.45) is 13.1. The Kier molecular flexibility index (Phi) is 14.4. The molecule has 1 aliphatic heterocycles. The van der Waals surface area contributed by atoms with Gasteiger partial charge in [0.1, 0.15) is 23.9 Å². The van der Waals surface area contributed by atoms with Crippen molar-refractivity contribution in [2.45, 2.75) is 155 Å². The summed E-state index contributed by atoms with van der Waals surface area (Å²) in [4.78, 5) is 78.3. The summed E-state index contributed by atoms with van der Waals surface area (Å²) in [7, 11) is 2.58. The fraction of sp³-hybridized carbons (Fsp3) is 0.544. The van der Waals surface area contributed by atoms with Gasteiger partial charge < -0.3 is 40.2 Å².